The van der Waals surface area contributed by atoms with Crippen LogP contribution in [0, 0.1) is 5.92 Å². The summed E-state index contributed by atoms with van der Waals surface area (Å²) in [7, 11) is 1.53. The van der Waals surface area contributed by atoms with Gasteiger partial charge in [0.25, 0.3) is 0 Å². The second kappa shape index (κ2) is 10.2. The average molecular weight is 288 g/mol. The van der Waals surface area contributed by atoms with Gasteiger partial charge in [-0.25, -0.2) is 4.79 Å². The van der Waals surface area contributed by atoms with Crippen molar-refractivity contribution in [3.8, 4) is 0 Å². The zero-order valence-corrected chi connectivity index (χ0v) is 12.3. The van der Waals surface area contributed by atoms with Crippen LogP contribution in [0.25, 0.3) is 0 Å². The van der Waals surface area contributed by atoms with E-state index in [2.05, 4.69) is 10.6 Å². The van der Waals surface area contributed by atoms with Crippen LogP contribution in [0.2, 0.25) is 0 Å². The molecule has 116 valence electrons. The van der Waals surface area contributed by atoms with Crippen molar-refractivity contribution >= 4 is 17.8 Å². The Kier molecular flexibility index (Phi) is 9.36. The standard InChI is InChI=1S/C13H24N2O5/c1-9(2)8-10(13(18)19)15-12(17)5-4-11(16)14-6-7-20-3/h9-10H,4-8H2,1-3H3,(H,14,16)(H,15,17)(H,18,19). The molecular weight excluding hydrogens is 264 g/mol. The van der Waals surface area contributed by atoms with Gasteiger partial charge in [0.1, 0.15) is 6.04 Å². The first kappa shape index (κ1) is 18.4. The normalized spacial score (nSPS) is 12.0. The summed E-state index contributed by atoms with van der Waals surface area (Å²) >= 11 is 0. The molecule has 0 aromatic rings. The number of hydrogen-bond donors (Lipinski definition) is 3. The van der Waals surface area contributed by atoms with E-state index in [-0.39, 0.29) is 24.7 Å². The lowest BCUT2D eigenvalue weighted by atomic mass is 10.0. The van der Waals surface area contributed by atoms with E-state index in [1.54, 1.807) is 0 Å². The molecule has 0 fully saturated rings. The number of methoxy groups -OCH3 is 1. The zero-order valence-electron chi connectivity index (χ0n) is 12.3. The van der Waals surface area contributed by atoms with Crippen molar-refractivity contribution in [2.24, 2.45) is 5.92 Å². The molecule has 0 saturated heterocycles. The Bertz CT molecular complexity index is 331. The Balaban J connectivity index is 4.01. The van der Waals surface area contributed by atoms with E-state index < -0.39 is 17.9 Å². The maximum absolute atomic E-state index is 11.6. The molecule has 7 heteroatoms. The van der Waals surface area contributed by atoms with E-state index >= 15 is 0 Å². The Hall–Kier alpha value is -1.63. The molecule has 1 atom stereocenters. The highest BCUT2D eigenvalue weighted by molar-refractivity contribution is 5.86. The number of carboxylic acid groups (broad SMARTS) is 1. The van der Waals surface area contributed by atoms with E-state index in [4.69, 9.17) is 9.84 Å². The van der Waals surface area contributed by atoms with Crippen molar-refractivity contribution in [3.05, 3.63) is 0 Å². The van der Waals surface area contributed by atoms with E-state index in [9.17, 15) is 14.4 Å². The minimum absolute atomic E-state index is 0.0271. The molecule has 0 bridgehead atoms. The summed E-state index contributed by atoms with van der Waals surface area (Å²) in [5.41, 5.74) is 0. The number of amides is 2. The third-order valence-corrected chi connectivity index (χ3v) is 2.55. The van der Waals surface area contributed by atoms with Gasteiger partial charge in [0.15, 0.2) is 0 Å². The fourth-order valence-electron chi connectivity index (χ4n) is 1.57. The van der Waals surface area contributed by atoms with Gasteiger partial charge in [0, 0.05) is 26.5 Å². The Morgan fingerprint density at radius 3 is 2.25 bits per heavy atom. The number of carbonyl (C=O) groups is 3. The van der Waals surface area contributed by atoms with Gasteiger partial charge in [-0.05, 0) is 12.3 Å². The molecule has 7 nitrogen and oxygen atoms in total. The summed E-state index contributed by atoms with van der Waals surface area (Å²) < 4.78 is 4.77. The van der Waals surface area contributed by atoms with E-state index in [0.29, 0.717) is 19.6 Å². The number of rotatable bonds is 10. The van der Waals surface area contributed by atoms with Crippen molar-refractivity contribution in [1.82, 2.24) is 10.6 Å². The Morgan fingerprint density at radius 2 is 1.75 bits per heavy atom. The van der Waals surface area contributed by atoms with Gasteiger partial charge >= 0.3 is 5.97 Å². The Morgan fingerprint density at radius 1 is 1.15 bits per heavy atom. The minimum Gasteiger partial charge on any atom is -0.480 e. The van der Waals surface area contributed by atoms with E-state index in [1.165, 1.54) is 7.11 Å². The lowest BCUT2D eigenvalue weighted by Gasteiger charge is -2.16. The molecule has 0 spiro atoms. The lowest BCUT2D eigenvalue weighted by Crippen LogP contribution is -2.42. The van der Waals surface area contributed by atoms with Crippen LogP contribution in [0.4, 0.5) is 0 Å². The average Bonchev–Trinajstić information content (AvgIpc) is 2.35. The third kappa shape index (κ3) is 9.32. The smallest absolute Gasteiger partial charge is 0.326 e. The van der Waals surface area contributed by atoms with Crippen molar-refractivity contribution in [2.45, 2.75) is 39.2 Å². The van der Waals surface area contributed by atoms with Gasteiger partial charge < -0.3 is 20.5 Å². The van der Waals surface area contributed by atoms with Gasteiger partial charge in [0.05, 0.1) is 6.61 Å². The maximum atomic E-state index is 11.6. The monoisotopic (exact) mass is 288 g/mol. The van der Waals surface area contributed by atoms with Gasteiger partial charge in [0.2, 0.25) is 11.8 Å². The first-order chi connectivity index (χ1) is 9.36. The molecule has 0 rings (SSSR count). The molecule has 0 radical (unpaired) electrons. The predicted octanol–water partition coefficient (Wildman–Crippen LogP) is 0.145. The van der Waals surface area contributed by atoms with Crippen LogP contribution >= 0.6 is 0 Å². The van der Waals surface area contributed by atoms with Crippen LogP contribution in [0.15, 0.2) is 0 Å². The highest BCUT2D eigenvalue weighted by Gasteiger charge is 2.21. The van der Waals surface area contributed by atoms with E-state index in [1.807, 2.05) is 13.8 Å². The second-order valence-corrected chi connectivity index (χ2v) is 4.93. The summed E-state index contributed by atoms with van der Waals surface area (Å²) in [6.45, 7) is 4.56. The molecule has 0 aromatic carbocycles. The summed E-state index contributed by atoms with van der Waals surface area (Å²) in [5, 5.41) is 14.0. The summed E-state index contributed by atoms with van der Waals surface area (Å²) in [5.74, 6) is -1.58. The molecule has 20 heavy (non-hydrogen) atoms. The van der Waals surface area contributed by atoms with Crippen LogP contribution in [0.3, 0.4) is 0 Å². The van der Waals surface area contributed by atoms with Crippen molar-refractivity contribution in [2.75, 3.05) is 20.3 Å². The number of nitrogens with one attached hydrogen (secondary N) is 2. The van der Waals surface area contributed by atoms with Gasteiger partial charge in [-0.3, -0.25) is 9.59 Å². The quantitative estimate of drug-likeness (QED) is 0.496. The molecule has 0 aliphatic heterocycles. The predicted molar refractivity (Wildman–Crippen MR) is 73.1 cm³/mol. The van der Waals surface area contributed by atoms with Crippen LogP contribution in [0.1, 0.15) is 33.1 Å². The van der Waals surface area contributed by atoms with Crippen LogP contribution < -0.4 is 10.6 Å². The first-order valence-electron chi connectivity index (χ1n) is 6.64. The molecule has 0 heterocycles. The molecular formula is C13H24N2O5. The highest BCUT2D eigenvalue weighted by atomic mass is 16.5. The zero-order chi connectivity index (χ0) is 15.5. The van der Waals surface area contributed by atoms with Crippen LogP contribution in [-0.2, 0) is 19.1 Å². The van der Waals surface area contributed by atoms with Gasteiger partial charge in [-0.15, -0.1) is 0 Å². The lowest BCUT2D eigenvalue weighted by molar-refractivity contribution is -0.142. The highest BCUT2D eigenvalue weighted by Crippen LogP contribution is 2.05. The SMILES string of the molecule is COCCNC(=O)CCC(=O)NC(CC(C)C)C(=O)O. The Labute approximate surface area is 119 Å². The van der Waals surface area contributed by atoms with Gasteiger partial charge in [-0.1, -0.05) is 13.8 Å². The molecule has 1 unspecified atom stereocenters. The van der Waals surface area contributed by atoms with Crippen molar-refractivity contribution < 1.29 is 24.2 Å². The fourth-order valence-corrected chi connectivity index (χ4v) is 1.57. The number of aliphatic carboxylic acids is 1. The molecule has 0 saturated carbocycles. The van der Waals surface area contributed by atoms with Crippen molar-refractivity contribution in [3.63, 3.8) is 0 Å². The minimum atomic E-state index is -1.06. The molecule has 0 aromatic heterocycles. The fraction of sp³-hybridized carbons (Fsp3) is 0.769. The van der Waals surface area contributed by atoms with Crippen molar-refractivity contribution in [1.29, 1.82) is 0 Å². The molecule has 3 N–H and O–H groups in total. The summed E-state index contributed by atoms with van der Waals surface area (Å²) in [6.07, 6.45) is 0.366. The summed E-state index contributed by atoms with van der Waals surface area (Å²) in [4.78, 5) is 33.9. The molecule has 2 amide bonds. The third-order valence-electron chi connectivity index (χ3n) is 2.55. The van der Waals surface area contributed by atoms with Crippen LogP contribution in [0.5, 0.6) is 0 Å². The number of ether oxygens (including phenoxy) is 1. The largest absolute Gasteiger partial charge is 0.480 e. The summed E-state index contributed by atoms with van der Waals surface area (Å²) in [6, 6.07) is -0.904. The van der Waals surface area contributed by atoms with Gasteiger partial charge in [-0.2, -0.15) is 0 Å². The maximum Gasteiger partial charge on any atom is 0.326 e. The van der Waals surface area contributed by atoms with Crippen LogP contribution in [-0.4, -0.2) is 49.2 Å². The number of hydrogen-bond acceptors (Lipinski definition) is 4. The molecule has 0 aliphatic rings. The number of carbonyl (C=O) groups excluding carboxylic acids is 2. The first-order valence-corrected chi connectivity index (χ1v) is 6.64. The molecule has 0 aliphatic carbocycles. The second-order valence-electron chi connectivity index (χ2n) is 4.93. The topological polar surface area (TPSA) is 105 Å². The number of carboxylic acids is 1. The van der Waals surface area contributed by atoms with E-state index in [0.717, 1.165) is 0 Å².